The molecule has 3 heterocycles. The van der Waals surface area contributed by atoms with Crippen LogP contribution in [0.4, 0.5) is 0 Å². The van der Waals surface area contributed by atoms with E-state index in [1.807, 2.05) is 0 Å². The molecule has 0 aromatic heterocycles. The van der Waals surface area contributed by atoms with Crippen molar-refractivity contribution in [2.75, 3.05) is 0 Å². The van der Waals surface area contributed by atoms with Gasteiger partial charge in [-0.15, -0.1) is 0 Å². The van der Waals surface area contributed by atoms with Crippen LogP contribution >= 0.6 is 0 Å². The zero-order valence-corrected chi connectivity index (χ0v) is 32.3. The number of phenolic OH excluding ortho intramolecular Hbond substituents is 12. The molecule has 18 nitrogen and oxygen atoms in total. The number of ether oxygens (including phenoxy) is 3. The molecule has 0 spiro atoms. The van der Waals surface area contributed by atoms with Crippen molar-refractivity contribution in [1.29, 1.82) is 0 Å². The van der Waals surface area contributed by atoms with Gasteiger partial charge in [0.2, 0.25) is 0 Å². The molecule has 0 fully saturated rings. The van der Waals surface area contributed by atoms with Gasteiger partial charge < -0.3 is 90.8 Å². The molecule has 0 saturated carbocycles. The highest BCUT2D eigenvalue weighted by molar-refractivity contribution is 5.72. The van der Waals surface area contributed by atoms with E-state index >= 15 is 0 Å². The largest absolute Gasteiger partial charge is 0.508 e. The Labute approximate surface area is 354 Å². The Kier molecular flexibility index (Phi) is 9.46. The summed E-state index contributed by atoms with van der Waals surface area (Å²) >= 11 is 0. The van der Waals surface area contributed by atoms with E-state index in [0.29, 0.717) is 0 Å². The maximum Gasteiger partial charge on any atom is 0.157 e. The predicted octanol–water partition coefficient (Wildman–Crippen LogP) is 4.44. The second kappa shape index (κ2) is 14.7. The number of fused-ring (bicyclic) bond motifs is 3. The van der Waals surface area contributed by atoms with E-state index in [1.165, 1.54) is 18.2 Å². The molecule has 0 radical (unpaired) electrons. The summed E-state index contributed by atoms with van der Waals surface area (Å²) in [6.45, 7) is 0. The molecule has 0 saturated heterocycles. The van der Waals surface area contributed by atoms with E-state index in [-0.39, 0.29) is 50.6 Å². The molecule has 18 heteroatoms. The minimum Gasteiger partial charge on any atom is -0.508 e. The topological polar surface area (TPSA) is 331 Å². The summed E-state index contributed by atoms with van der Waals surface area (Å²) in [6.07, 6.45) is -10.3. The van der Waals surface area contributed by atoms with Crippen LogP contribution in [-0.2, 0) is 6.42 Å². The average molecular weight is 867 g/mol. The highest BCUT2D eigenvalue weighted by atomic mass is 16.5. The third-order valence-corrected chi connectivity index (χ3v) is 11.8. The molecule has 8 atom stereocenters. The molecule has 8 unspecified atom stereocenters. The monoisotopic (exact) mass is 866 g/mol. The Hall–Kier alpha value is -7.80. The van der Waals surface area contributed by atoms with Gasteiger partial charge in [-0.1, -0.05) is 18.2 Å². The van der Waals surface area contributed by atoms with Gasteiger partial charge >= 0.3 is 0 Å². The van der Waals surface area contributed by atoms with E-state index < -0.39 is 135 Å². The minimum absolute atomic E-state index is 0.0469. The molecule has 3 aliphatic rings. The SMILES string of the molecule is Oc1cc(O)c2c(c1)OC(c1ccc(O)c(O)c1)C(O)C2c1c(O)c2c(c(C3c4c(O)cc(O)cc4OC(c4ccc(O)c(O)c4)C3O)c1O)OC(c1ccc(O)c(O)c1)C(O)C2. The third kappa shape index (κ3) is 6.46. The number of aliphatic hydroxyl groups excluding tert-OH is 3. The van der Waals surface area contributed by atoms with E-state index in [0.717, 1.165) is 60.7 Å². The van der Waals surface area contributed by atoms with Crippen LogP contribution in [0.15, 0.2) is 78.9 Å². The Morgan fingerprint density at radius 3 is 1.22 bits per heavy atom. The molecule has 326 valence electrons. The van der Waals surface area contributed by atoms with Gasteiger partial charge in [0.1, 0.15) is 70.1 Å². The van der Waals surface area contributed by atoms with Gasteiger partial charge in [-0.25, -0.2) is 0 Å². The quantitative estimate of drug-likeness (QED) is 0.106. The maximum absolute atomic E-state index is 12.9. The first-order valence-electron chi connectivity index (χ1n) is 19.3. The molecule has 6 aromatic carbocycles. The standard InChI is InChI=1S/C45H38O18/c46-18-10-27(54)32-30(12-18)61-43(16-2-5-22(49)25(52)8-16)40(59)34(32)36-38(57)20-14-29(56)42(15-1-4-21(48)24(51)7-15)63-45(20)37(39(36)58)35-33-28(55)11-19(47)13-31(33)62-44(41(35)60)17-3-6-23(50)26(53)9-17/h1-13,29,34-35,40-44,46-60H,14H2. The van der Waals surface area contributed by atoms with Gasteiger partial charge in [-0.05, 0) is 53.1 Å². The molecule has 0 aliphatic carbocycles. The van der Waals surface area contributed by atoms with E-state index in [1.54, 1.807) is 0 Å². The van der Waals surface area contributed by atoms with Crippen LogP contribution in [0.5, 0.6) is 86.2 Å². The van der Waals surface area contributed by atoms with Crippen molar-refractivity contribution in [2.24, 2.45) is 0 Å². The average Bonchev–Trinajstić information content (AvgIpc) is 3.22. The van der Waals surface area contributed by atoms with Crippen LogP contribution < -0.4 is 14.2 Å². The highest BCUT2D eigenvalue weighted by Crippen LogP contribution is 2.62. The Bertz CT molecular complexity index is 2840. The van der Waals surface area contributed by atoms with Crippen LogP contribution in [0.2, 0.25) is 0 Å². The molecule has 63 heavy (non-hydrogen) atoms. The van der Waals surface area contributed by atoms with Gasteiger partial charge in [-0.3, -0.25) is 0 Å². The van der Waals surface area contributed by atoms with Crippen LogP contribution in [0.1, 0.15) is 74.7 Å². The van der Waals surface area contributed by atoms with Crippen molar-refractivity contribution in [3.63, 3.8) is 0 Å². The number of hydrogen-bond acceptors (Lipinski definition) is 18. The summed E-state index contributed by atoms with van der Waals surface area (Å²) in [4.78, 5) is 0. The fraction of sp³-hybridized carbons (Fsp3) is 0.200. The van der Waals surface area contributed by atoms with Crippen molar-refractivity contribution >= 4 is 0 Å². The van der Waals surface area contributed by atoms with Crippen molar-refractivity contribution in [3.8, 4) is 86.2 Å². The van der Waals surface area contributed by atoms with Gasteiger partial charge in [0, 0.05) is 58.5 Å². The number of aliphatic hydroxyl groups is 3. The molecule has 0 bridgehead atoms. The molecular weight excluding hydrogens is 828 g/mol. The normalized spacial score (nSPS) is 23.6. The molecule has 9 rings (SSSR count). The first-order valence-corrected chi connectivity index (χ1v) is 19.3. The van der Waals surface area contributed by atoms with E-state index in [2.05, 4.69) is 0 Å². The lowest BCUT2D eigenvalue weighted by atomic mass is 9.73. The number of hydrogen-bond donors (Lipinski definition) is 15. The predicted molar refractivity (Wildman–Crippen MR) is 214 cm³/mol. The van der Waals surface area contributed by atoms with Crippen molar-refractivity contribution in [1.82, 2.24) is 0 Å². The van der Waals surface area contributed by atoms with Crippen molar-refractivity contribution in [3.05, 3.63) is 123 Å². The smallest absolute Gasteiger partial charge is 0.157 e. The second-order valence-corrected chi connectivity index (χ2v) is 15.7. The molecule has 3 aliphatic heterocycles. The number of benzene rings is 6. The Morgan fingerprint density at radius 2 is 0.794 bits per heavy atom. The van der Waals surface area contributed by atoms with Crippen LogP contribution in [0.3, 0.4) is 0 Å². The first kappa shape index (κ1) is 40.6. The summed E-state index contributed by atoms with van der Waals surface area (Å²) in [7, 11) is 0. The molecular formula is C45H38O18. The van der Waals surface area contributed by atoms with Crippen molar-refractivity contribution < 1.29 is 90.8 Å². The zero-order chi connectivity index (χ0) is 44.9. The van der Waals surface area contributed by atoms with E-state index in [9.17, 15) is 76.6 Å². The third-order valence-electron chi connectivity index (χ3n) is 11.8. The Morgan fingerprint density at radius 1 is 0.381 bits per heavy atom. The lowest BCUT2D eigenvalue weighted by Gasteiger charge is -2.42. The summed E-state index contributed by atoms with van der Waals surface area (Å²) in [5.74, 6) is -11.7. The van der Waals surface area contributed by atoms with Gasteiger partial charge in [-0.2, -0.15) is 0 Å². The van der Waals surface area contributed by atoms with E-state index in [4.69, 9.17) is 14.2 Å². The van der Waals surface area contributed by atoms with Gasteiger partial charge in [0.15, 0.2) is 46.7 Å². The fourth-order valence-electron chi connectivity index (χ4n) is 8.95. The maximum atomic E-state index is 12.9. The Balaban J connectivity index is 1.34. The molecule has 0 amide bonds. The molecule has 6 aromatic rings. The van der Waals surface area contributed by atoms with Crippen LogP contribution in [-0.4, -0.2) is 94.9 Å². The van der Waals surface area contributed by atoms with Crippen LogP contribution in [0.25, 0.3) is 0 Å². The summed E-state index contributed by atoms with van der Waals surface area (Å²) < 4.78 is 18.6. The second-order valence-electron chi connectivity index (χ2n) is 15.7. The lowest BCUT2D eigenvalue weighted by Crippen LogP contribution is -2.38. The fourth-order valence-corrected chi connectivity index (χ4v) is 8.95. The highest BCUT2D eigenvalue weighted by Gasteiger charge is 2.50. The van der Waals surface area contributed by atoms with Crippen molar-refractivity contribution in [2.45, 2.75) is 54.9 Å². The zero-order valence-electron chi connectivity index (χ0n) is 32.3. The summed E-state index contributed by atoms with van der Waals surface area (Å²) in [5.41, 5.74) is -1.52. The van der Waals surface area contributed by atoms with Crippen LogP contribution in [0, 0.1) is 0 Å². The van der Waals surface area contributed by atoms with Gasteiger partial charge in [0.25, 0.3) is 0 Å². The summed E-state index contributed by atoms with van der Waals surface area (Å²) in [5, 5.41) is 167. The summed E-state index contributed by atoms with van der Waals surface area (Å²) in [6, 6.07) is 14.6. The number of aromatic hydroxyl groups is 12. The lowest BCUT2D eigenvalue weighted by molar-refractivity contribution is -0.000370. The molecule has 15 N–H and O–H groups in total. The van der Waals surface area contributed by atoms with Gasteiger partial charge in [0.05, 0.1) is 17.9 Å². The minimum atomic E-state index is -1.91. The number of rotatable bonds is 5. The number of phenols is 12. The first-order chi connectivity index (χ1) is 29.9.